The molecule has 1 aliphatic heterocycles. The van der Waals surface area contributed by atoms with Gasteiger partial charge in [-0.15, -0.1) is 0 Å². The molecule has 2 heteroatoms. The van der Waals surface area contributed by atoms with Gasteiger partial charge < -0.3 is 9.84 Å². The summed E-state index contributed by atoms with van der Waals surface area (Å²) >= 11 is 0. The molecule has 0 aromatic rings. The Morgan fingerprint density at radius 2 is 2.05 bits per heavy atom. The maximum Gasteiger partial charge on any atom is 0.172 e. The second-order valence-corrected chi connectivity index (χ2v) is 7.51. The molecule has 1 fully saturated rings. The average molecular weight is 304 g/mol. The monoisotopic (exact) mass is 304 g/mol. The predicted octanol–water partition coefficient (Wildman–Crippen LogP) is 5.15. The summed E-state index contributed by atoms with van der Waals surface area (Å²) in [4.78, 5) is 0. The molecule has 2 nitrogen and oxygen atoms in total. The van der Waals surface area contributed by atoms with Crippen molar-refractivity contribution in [1.82, 2.24) is 0 Å². The molecule has 2 rings (SSSR count). The molecular weight excluding hydrogens is 272 g/mol. The highest BCUT2D eigenvalue weighted by Gasteiger charge is 2.49. The fourth-order valence-corrected chi connectivity index (χ4v) is 3.61. The van der Waals surface area contributed by atoms with Crippen molar-refractivity contribution in [3.8, 4) is 0 Å². The topological polar surface area (TPSA) is 29.5 Å². The van der Waals surface area contributed by atoms with E-state index in [2.05, 4.69) is 52.8 Å². The van der Waals surface area contributed by atoms with Crippen LogP contribution in [0.3, 0.4) is 0 Å². The second kappa shape index (κ2) is 7.14. The molecule has 0 bridgehead atoms. The maximum absolute atomic E-state index is 11.0. The van der Waals surface area contributed by atoms with E-state index in [1.165, 1.54) is 16.7 Å². The highest BCUT2D eigenvalue weighted by molar-refractivity contribution is 5.13. The number of rotatable bonds is 2. The first-order valence-electron chi connectivity index (χ1n) is 8.68. The summed E-state index contributed by atoms with van der Waals surface area (Å²) in [6.45, 7) is 10.7. The van der Waals surface area contributed by atoms with E-state index in [1.807, 2.05) is 0 Å². The lowest BCUT2D eigenvalue weighted by atomic mass is 9.80. The fourth-order valence-electron chi connectivity index (χ4n) is 3.61. The molecule has 4 unspecified atom stereocenters. The van der Waals surface area contributed by atoms with E-state index < -0.39 is 5.79 Å². The largest absolute Gasteiger partial charge is 0.365 e. The van der Waals surface area contributed by atoms with Crippen LogP contribution < -0.4 is 0 Å². The molecule has 0 aromatic heterocycles. The van der Waals surface area contributed by atoms with Gasteiger partial charge in [0, 0.05) is 12.3 Å². The standard InChI is InChI=1S/C20H32O2/c1-14(2)11-12-20(21)17(5)18-10-9-15(3)7-6-8-16(4)13-19(18)22-20/h7,11,13,17-19,21H,6,8-10,12H2,1-5H3. The molecule has 0 radical (unpaired) electrons. The lowest BCUT2D eigenvalue weighted by Crippen LogP contribution is -2.34. The molecule has 124 valence electrons. The summed E-state index contributed by atoms with van der Waals surface area (Å²) < 4.78 is 6.17. The van der Waals surface area contributed by atoms with Crippen LogP contribution in [0.1, 0.15) is 66.7 Å². The van der Waals surface area contributed by atoms with Crippen LogP contribution in [-0.4, -0.2) is 17.0 Å². The average Bonchev–Trinajstić information content (AvgIpc) is 2.66. The Morgan fingerprint density at radius 1 is 1.32 bits per heavy atom. The van der Waals surface area contributed by atoms with E-state index in [1.54, 1.807) is 0 Å². The van der Waals surface area contributed by atoms with E-state index in [0.717, 1.165) is 25.7 Å². The zero-order valence-electron chi connectivity index (χ0n) is 14.9. The molecule has 1 saturated heterocycles. The van der Waals surface area contributed by atoms with E-state index in [9.17, 15) is 5.11 Å². The Hall–Kier alpha value is -0.860. The number of hydrogen-bond donors (Lipinski definition) is 1. The summed E-state index contributed by atoms with van der Waals surface area (Å²) in [6.07, 6.45) is 11.8. The SMILES string of the molecule is CC(C)=CCC1(O)OC2C=C(C)CCC=C(C)CCC2C1C. The zero-order valence-corrected chi connectivity index (χ0v) is 14.9. The fraction of sp³-hybridized carbons (Fsp3) is 0.700. The minimum atomic E-state index is -1.02. The number of ether oxygens (including phenoxy) is 1. The van der Waals surface area contributed by atoms with Crippen LogP contribution in [0.4, 0.5) is 0 Å². The first-order valence-corrected chi connectivity index (χ1v) is 8.68. The second-order valence-electron chi connectivity index (χ2n) is 7.51. The highest BCUT2D eigenvalue weighted by atomic mass is 16.6. The van der Waals surface area contributed by atoms with Gasteiger partial charge in [0.05, 0.1) is 6.10 Å². The Bertz CT molecular complexity index is 482. The normalized spacial score (nSPS) is 36.2. The third-order valence-electron chi connectivity index (χ3n) is 5.27. The summed E-state index contributed by atoms with van der Waals surface area (Å²) in [5.41, 5.74) is 4.08. The van der Waals surface area contributed by atoms with Crippen molar-refractivity contribution in [2.24, 2.45) is 11.8 Å². The van der Waals surface area contributed by atoms with Crippen LogP contribution in [0, 0.1) is 11.8 Å². The van der Waals surface area contributed by atoms with Crippen LogP contribution in [0.2, 0.25) is 0 Å². The molecule has 1 heterocycles. The van der Waals surface area contributed by atoms with Gasteiger partial charge in [0.15, 0.2) is 5.79 Å². The molecule has 22 heavy (non-hydrogen) atoms. The van der Waals surface area contributed by atoms with Crippen molar-refractivity contribution >= 4 is 0 Å². The molecule has 0 aromatic carbocycles. The molecule has 0 amide bonds. The molecule has 2 aliphatic rings. The minimum absolute atomic E-state index is 0.0523. The zero-order chi connectivity index (χ0) is 16.3. The van der Waals surface area contributed by atoms with Crippen molar-refractivity contribution in [1.29, 1.82) is 0 Å². The molecule has 4 atom stereocenters. The first kappa shape index (κ1) is 17.5. The minimum Gasteiger partial charge on any atom is -0.365 e. The van der Waals surface area contributed by atoms with Gasteiger partial charge in [0.2, 0.25) is 0 Å². The van der Waals surface area contributed by atoms with E-state index in [4.69, 9.17) is 4.74 Å². The lowest BCUT2D eigenvalue weighted by Gasteiger charge is -2.27. The Labute approximate surface area is 136 Å². The number of aliphatic hydroxyl groups is 1. The predicted molar refractivity (Wildman–Crippen MR) is 92.5 cm³/mol. The van der Waals surface area contributed by atoms with E-state index >= 15 is 0 Å². The smallest absolute Gasteiger partial charge is 0.172 e. The van der Waals surface area contributed by atoms with Crippen LogP contribution >= 0.6 is 0 Å². The third kappa shape index (κ3) is 4.11. The van der Waals surface area contributed by atoms with E-state index in [-0.39, 0.29) is 12.0 Å². The Morgan fingerprint density at radius 3 is 2.73 bits per heavy atom. The molecule has 1 N–H and O–H groups in total. The number of hydrogen-bond acceptors (Lipinski definition) is 2. The summed E-state index contributed by atoms with van der Waals surface area (Å²) in [5, 5.41) is 11.0. The summed E-state index contributed by atoms with van der Waals surface area (Å²) in [6, 6.07) is 0. The van der Waals surface area contributed by atoms with Crippen molar-refractivity contribution < 1.29 is 9.84 Å². The van der Waals surface area contributed by atoms with Crippen molar-refractivity contribution in [3.05, 3.63) is 34.9 Å². The van der Waals surface area contributed by atoms with Crippen LogP contribution in [0.15, 0.2) is 34.9 Å². The molecule has 0 spiro atoms. The van der Waals surface area contributed by atoms with Gasteiger partial charge in [-0.1, -0.05) is 41.9 Å². The van der Waals surface area contributed by atoms with E-state index in [0.29, 0.717) is 12.3 Å². The lowest BCUT2D eigenvalue weighted by molar-refractivity contribution is -0.199. The van der Waals surface area contributed by atoms with Gasteiger partial charge >= 0.3 is 0 Å². The highest BCUT2D eigenvalue weighted by Crippen LogP contribution is 2.45. The van der Waals surface area contributed by atoms with Crippen LogP contribution in [0.5, 0.6) is 0 Å². The van der Waals surface area contributed by atoms with Crippen molar-refractivity contribution in [2.45, 2.75) is 78.6 Å². The van der Waals surface area contributed by atoms with Crippen LogP contribution in [-0.2, 0) is 4.74 Å². The summed E-state index contributed by atoms with van der Waals surface area (Å²) in [7, 11) is 0. The van der Waals surface area contributed by atoms with Crippen LogP contribution in [0.25, 0.3) is 0 Å². The number of fused-ring (bicyclic) bond motifs is 1. The quantitative estimate of drug-likeness (QED) is 0.715. The van der Waals surface area contributed by atoms with Crippen molar-refractivity contribution in [3.63, 3.8) is 0 Å². The maximum atomic E-state index is 11.0. The third-order valence-corrected chi connectivity index (χ3v) is 5.27. The van der Waals surface area contributed by atoms with Gasteiger partial charge in [-0.25, -0.2) is 0 Å². The van der Waals surface area contributed by atoms with Gasteiger partial charge in [0.25, 0.3) is 0 Å². The Balaban J connectivity index is 2.23. The Kier molecular flexibility index (Phi) is 5.68. The van der Waals surface area contributed by atoms with Crippen molar-refractivity contribution in [2.75, 3.05) is 0 Å². The molecule has 1 aliphatic carbocycles. The summed E-state index contributed by atoms with van der Waals surface area (Å²) in [5.74, 6) is -0.467. The van der Waals surface area contributed by atoms with Gasteiger partial charge in [-0.3, -0.25) is 0 Å². The molecule has 0 saturated carbocycles. The number of allylic oxidation sites excluding steroid dienone is 4. The van der Waals surface area contributed by atoms with Gasteiger partial charge in [0.1, 0.15) is 0 Å². The molecular formula is C20H32O2. The van der Waals surface area contributed by atoms with Gasteiger partial charge in [-0.05, 0) is 59.3 Å². The van der Waals surface area contributed by atoms with Gasteiger partial charge in [-0.2, -0.15) is 0 Å². The first-order chi connectivity index (χ1) is 10.3.